The van der Waals surface area contributed by atoms with Crippen LogP contribution in [0, 0.1) is 21.8 Å². The number of hydrogen-bond donors (Lipinski definition) is 1. The number of nitro benzene ring substituents is 1. The van der Waals surface area contributed by atoms with E-state index in [0.717, 1.165) is 25.0 Å². The lowest BCUT2D eigenvalue weighted by Crippen LogP contribution is -2.39. The number of carbonyl (C=O) groups excluding carboxylic acids is 1. The molecule has 6 nitrogen and oxygen atoms in total. The van der Waals surface area contributed by atoms with Crippen LogP contribution >= 0.6 is 0 Å². The van der Waals surface area contributed by atoms with E-state index in [4.69, 9.17) is 5.73 Å². The Labute approximate surface area is 121 Å². The average molecular weight is 295 g/mol. The molecule has 1 aromatic rings. The van der Waals surface area contributed by atoms with Gasteiger partial charge in [-0.1, -0.05) is 13.8 Å². The maximum Gasteiger partial charge on any atom is 0.293 e. The number of nitro groups is 1. The number of carbonyl (C=O) groups is 1. The van der Waals surface area contributed by atoms with Crippen LogP contribution in [0.4, 0.5) is 15.8 Å². The summed E-state index contributed by atoms with van der Waals surface area (Å²) in [4.78, 5) is 24.3. The SMILES string of the molecule is CC(C)C1CCCN1C(=O)c1c(F)ccc([N+](=O)[O-])c1N. The number of nitrogen functional groups attached to an aromatic ring is 1. The number of nitrogens with zero attached hydrogens (tertiary/aromatic N) is 2. The van der Waals surface area contributed by atoms with E-state index in [9.17, 15) is 19.3 Å². The Bertz CT molecular complexity index is 589. The van der Waals surface area contributed by atoms with Gasteiger partial charge in [-0.3, -0.25) is 14.9 Å². The van der Waals surface area contributed by atoms with Gasteiger partial charge in [-0.2, -0.15) is 0 Å². The molecule has 0 aliphatic carbocycles. The van der Waals surface area contributed by atoms with Gasteiger partial charge < -0.3 is 10.6 Å². The third kappa shape index (κ3) is 2.68. The van der Waals surface area contributed by atoms with Crippen molar-refractivity contribution in [3.63, 3.8) is 0 Å². The van der Waals surface area contributed by atoms with Gasteiger partial charge in [-0.25, -0.2) is 4.39 Å². The van der Waals surface area contributed by atoms with Crippen LogP contribution in [0.15, 0.2) is 12.1 Å². The highest BCUT2D eigenvalue weighted by molar-refractivity contribution is 6.01. The third-order valence-electron chi connectivity index (χ3n) is 3.91. The van der Waals surface area contributed by atoms with Crippen LogP contribution in [0.1, 0.15) is 37.0 Å². The van der Waals surface area contributed by atoms with E-state index in [0.29, 0.717) is 6.54 Å². The minimum atomic E-state index is -0.822. The first-order chi connectivity index (χ1) is 9.84. The molecule has 1 aliphatic rings. The molecule has 0 aromatic heterocycles. The maximum absolute atomic E-state index is 14.0. The molecule has 21 heavy (non-hydrogen) atoms. The van der Waals surface area contributed by atoms with E-state index in [-0.39, 0.29) is 12.0 Å². The Morgan fingerprint density at radius 2 is 2.19 bits per heavy atom. The molecular weight excluding hydrogens is 277 g/mol. The number of nitrogens with two attached hydrogens (primary N) is 1. The highest BCUT2D eigenvalue weighted by atomic mass is 19.1. The van der Waals surface area contributed by atoms with Gasteiger partial charge in [0.25, 0.3) is 11.6 Å². The fourth-order valence-electron chi connectivity index (χ4n) is 2.84. The number of rotatable bonds is 3. The summed E-state index contributed by atoms with van der Waals surface area (Å²) in [6.07, 6.45) is 1.69. The van der Waals surface area contributed by atoms with Gasteiger partial charge in [0, 0.05) is 18.7 Å². The molecular formula is C14H18FN3O3. The van der Waals surface area contributed by atoms with Crippen molar-refractivity contribution in [2.75, 3.05) is 12.3 Å². The second-order valence-corrected chi connectivity index (χ2v) is 5.56. The summed E-state index contributed by atoms with van der Waals surface area (Å²) in [5, 5.41) is 10.9. The first kappa shape index (κ1) is 15.2. The first-order valence-electron chi connectivity index (χ1n) is 6.88. The highest BCUT2D eigenvalue weighted by Gasteiger charge is 2.35. The normalized spacial score (nSPS) is 18.3. The lowest BCUT2D eigenvalue weighted by Gasteiger charge is -2.28. The lowest BCUT2D eigenvalue weighted by molar-refractivity contribution is -0.384. The molecule has 1 saturated heterocycles. The predicted molar refractivity (Wildman–Crippen MR) is 76.4 cm³/mol. The molecule has 0 saturated carbocycles. The van der Waals surface area contributed by atoms with Gasteiger partial charge in [-0.05, 0) is 24.8 Å². The molecule has 1 aromatic carbocycles. The van der Waals surface area contributed by atoms with E-state index < -0.39 is 33.6 Å². The van der Waals surface area contributed by atoms with E-state index in [1.807, 2.05) is 13.8 Å². The summed E-state index contributed by atoms with van der Waals surface area (Å²) in [6.45, 7) is 4.50. The van der Waals surface area contributed by atoms with Gasteiger partial charge >= 0.3 is 0 Å². The smallest absolute Gasteiger partial charge is 0.293 e. The van der Waals surface area contributed by atoms with Crippen molar-refractivity contribution in [3.05, 3.63) is 33.6 Å². The largest absolute Gasteiger partial charge is 0.392 e. The van der Waals surface area contributed by atoms with Gasteiger partial charge in [0.05, 0.1) is 4.92 Å². The molecule has 1 heterocycles. The third-order valence-corrected chi connectivity index (χ3v) is 3.91. The summed E-state index contributed by atoms with van der Waals surface area (Å²) in [5.41, 5.74) is 4.41. The van der Waals surface area contributed by atoms with Crippen LogP contribution in [0.3, 0.4) is 0 Å². The van der Waals surface area contributed by atoms with Gasteiger partial charge in [0.1, 0.15) is 17.1 Å². The minimum absolute atomic E-state index is 0.00978. The van der Waals surface area contributed by atoms with Crippen molar-refractivity contribution in [1.82, 2.24) is 4.90 Å². The molecule has 0 bridgehead atoms. The van der Waals surface area contributed by atoms with Crippen LogP contribution in [0.25, 0.3) is 0 Å². The zero-order chi connectivity index (χ0) is 15.7. The van der Waals surface area contributed by atoms with E-state index in [1.54, 1.807) is 4.90 Å². The quantitative estimate of drug-likeness (QED) is 0.527. The topological polar surface area (TPSA) is 89.5 Å². The molecule has 1 aliphatic heterocycles. The standard InChI is InChI=1S/C14H18FN3O3/c1-8(2)10-4-3-7-17(10)14(19)12-9(15)5-6-11(13(12)16)18(20)21/h5-6,8,10H,3-4,7,16H2,1-2H3. The van der Waals surface area contributed by atoms with E-state index in [2.05, 4.69) is 0 Å². The number of amides is 1. The molecule has 2 rings (SSSR count). The summed E-state index contributed by atoms with van der Waals surface area (Å²) in [7, 11) is 0. The van der Waals surface area contributed by atoms with Crippen molar-refractivity contribution in [1.29, 1.82) is 0 Å². The Kier molecular flexibility index (Phi) is 4.11. The van der Waals surface area contributed by atoms with Crippen LogP contribution < -0.4 is 5.73 Å². The molecule has 0 radical (unpaired) electrons. The van der Waals surface area contributed by atoms with Crippen LogP contribution in [0.5, 0.6) is 0 Å². The zero-order valence-corrected chi connectivity index (χ0v) is 12.0. The molecule has 1 atom stereocenters. The maximum atomic E-state index is 14.0. The molecule has 1 amide bonds. The van der Waals surface area contributed by atoms with Gasteiger partial charge in [0.15, 0.2) is 0 Å². The molecule has 0 spiro atoms. The van der Waals surface area contributed by atoms with E-state index in [1.165, 1.54) is 0 Å². The zero-order valence-electron chi connectivity index (χ0n) is 12.0. The van der Waals surface area contributed by atoms with Crippen LogP contribution in [-0.4, -0.2) is 28.3 Å². The molecule has 1 unspecified atom stereocenters. The van der Waals surface area contributed by atoms with E-state index >= 15 is 0 Å². The number of likely N-dealkylation sites (tertiary alicyclic amines) is 1. The molecule has 1 fully saturated rings. The molecule has 114 valence electrons. The predicted octanol–water partition coefficient (Wildman–Crippen LogP) is 2.58. The number of benzene rings is 1. The Balaban J connectivity index is 2.44. The van der Waals surface area contributed by atoms with Crippen molar-refractivity contribution in [2.24, 2.45) is 5.92 Å². The van der Waals surface area contributed by atoms with Crippen LogP contribution in [-0.2, 0) is 0 Å². The Morgan fingerprint density at radius 1 is 1.52 bits per heavy atom. The second-order valence-electron chi connectivity index (χ2n) is 5.56. The van der Waals surface area contributed by atoms with Crippen molar-refractivity contribution in [3.8, 4) is 0 Å². The van der Waals surface area contributed by atoms with Crippen molar-refractivity contribution >= 4 is 17.3 Å². The fraction of sp³-hybridized carbons (Fsp3) is 0.500. The monoisotopic (exact) mass is 295 g/mol. The molecule has 2 N–H and O–H groups in total. The fourth-order valence-corrected chi connectivity index (χ4v) is 2.84. The number of anilines is 1. The number of halogens is 1. The highest BCUT2D eigenvalue weighted by Crippen LogP contribution is 2.32. The first-order valence-corrected chi connectivity index (χ1v) is 6.88. The second kappa shape index (κ2) is 5.67. The van der Waals surface area contributed by atoms with Gasteiger partial charge in [0.2, 0.25) is 0 Å². The lowest BCUT2D eigenvalue weighted by atomic mass is 10.0. The van der Waals surface area contributed by atoms with Crippen molar-refractivity contribution in [2.45, 2.75) is 32.7 Å². The summed E-state index contributed by atoms with van der Waals surface area (Å²) >= 11 is 0. The van der Waals surface area contributed by atoms with Crippen molar-refractivity contribution < 1.29 is 14.1 Å². The number of hydrogen-bond acceptors (Lipinski definition) is 4. The van der Waals surface area contributed by atoms with Crippen LogP contribution in [0.2, 0.25) is 0 Å². The molecule has 7 heteroatoms. The summed E-state index contributed by atoms with van der Waals surface area (Å²) in [5.74, 6) is -1.15. The summed E-state index contributed by atoms with van der Waals surface area (Å²) in [6, 6.07) is 1.91. The Morgan fingerprint density at radius 3 is 2.76 bits per heavy atom. The minimum Gasteiger partial charge on any atom is -0.392 e. The average Bonchev–Trinajstić information content (AvgIpc) is 2.87. The Hall–Kier alpha value is -2.18. The van der Waals surface area contributed by atoms with Gasteiger partial charge in [-0.15, -0.1) is 0 Å². The summed E-state index contributed by atoms with van der Waals surface area (Å²) < 4.78 is 14.0.